The molecule has 1 aliphatic rings. The Morgan fingerprint density at radius 3 is 3.00 bits per heavy atom. The minimum absolute atomic E-state index is 0.0496. The van der Waals surface area contributed by atoms with E-state index >= 15 is 0 Å². The van der Waals surface area contributed by atoms with E-state index in [1.54, 1.807) is 24.3 Å². The van der Waals surface area contributed by atoms with Crippen LogP contribution in [0, 0.1) is 6.92 Å². The quantitative estimate of drug-likeness (QED) is 0.685. The van der Waals surface area contributed by atoms with Gasteiger partial charge in [0.05, 0.1) is 17.7 Å². The molecule has 0 bridgehead atoms. The Labute approximate surface area is 163 Å². The Hall–Kier alpha value is -1.56. The van der Waals surface area contributed by atoms with Crippen LogP contribution in [-0.4, -0.2) is 36.2 Å². The molecule has 1 aromatic heterocycles. The van der Waals surface area contributed by atoms with Crippen LogP contribution in [-0.2, 0) is 16.1 Å². The number of nitrogens with zero attached hydrogens (tertiary/aromatic N) is 1. The first-order valence-electron chi connectivity index (χ1n) is 8.88. The van der Waals surface area contributed by atoms with Crippen LogP contribution in [0.3, 0.4) is 0 Å². The summed E-state index contributed by atoms with van der Waals surface area (Å²) in [5.74, 6) is 0.493. The lowest BCUT2D eigenvalue weighted by molar-refractivity contribution is -0.140. The highest BCUT2D eigenvalue weighted by molar-refractivity contribution is 7.09. The van der Waals surface area contributed by atoms with Crippen molar-refractivity contribution < 1.29 is 14.3 Å². The van der Waals surface area contributed by atoms with Crippen molar-refractivity contribution in [3.05, 3.63) is 51.2 Å². The van der Waals surface area contributed by atoms with Crippen molar-refractivity contribution in [3.8, 4) is 5.75 Å². The van der Waals surface area contributed by atoms with Crippen molar-refractivity contribution in [2.75, 3.05) is 13.2 Å². The van der Waals surface area contributed by atoms with Crippen LogP contribution in [0.5, 0.6) is 5.75 Å². The summed E-state index contributed by atoms with van der Waals surface area (Å²) in [4.78, 5) is 16.1. The first-order valence-corrected chi connectivity index (χ1v) is 10.1. The minimum atomic E-state index is -0.615. The second-order valence-corrected chi connectivity index (χ2v) is 8.07. The average Bonchev–Trinajstić information content (AvgIpc) is 3.31. The van der Waals surface area contributed by atoms with Crippen molar-refractivity contribution in [1.82, 2.24) is 4.90 Å². The number of carbonyl (C=O) groups excluding carboxylic acids is 1. The van der Waals surface area contributed by atoms with E-state index < -0.39 is 6.10 Å². The van der Waals surface area contributed by atoms with Gasteiger partial charge in [0.25, 0.3) is 5.91 Å². The largest absolute Gasteiger partial charge is 0.479 e. The fourth-order valence-corrected chi connectivity index (χ4v) is 3.94. The summed E-state index contributed by atoms with van der Waals surface area (Å²) in [6.45, 7) is 5.68. The zero-order valence-corrected chi connectivity index (χ0v) is 16.7. The van der Waals surface area contributed by atoms with Gasteiger partial charge in [-0.05, 0) is 55.8 Å². The Bertz CT molecular complexity index is 729. The molecule has 1 fully saturated rings. The molecule has 1 saturated heterocycles. The Morgan fingerprint density at radius 1 is 1.46 bits per heavy atom. The number of hydrogen-bond donors (Lipinski definition) is 0. The van der Waals surface area contributed by atoms with Crippen LogP contribution < -0.4 is 4.74 Å². The highest BCUT2D eigenvalue weighted by Crippen LogP contribution is 2.27. The third kappa shape index (κ3) is 5.00. The van der Waals surface area contributed by atoms with Gasteiger partial charge in [-0.2, -0.15) is 0 Å². The number of benzene rings is 1. The van der Waals surface area contributed by atoms with Gasteiger partial charge < -0.3 is 14.4 Å². The van der Waals surface area contributed by atoms with Crippen molar-refractivity contribution in [2.24, 2.45) is 0 Å². The molecule has 26 heavy (non-hydrogen) atoms. The summed E-state index contributed by atoms with van der Waals surface area (Å²) < 4.78 is 11.6. The SMILES string of the molecule is Cc1ccc(Cl)c(OC(C)C(=O)N(Cc2cccs2)CC2CCCO2)c1. The highest BCUT2D eigenvalue weighted by Gasteiger charge is 2.27. The lowest BCUT2D eigenvalue weighted by Crippen LogP contribution is -2.43. The number of amides is 1. The third-order valence-electron chi connectivity index (χ3n) is 4.42. The molecule has 1 aromatic carbocycles. The molecule has 3 rings (SSSR count). The predicted octanol–water partition coefficient (Wildman–Crippen LogP) is 4.69. The predicted molar refractivity (Wildman–Crippen MR) is 105 cm³/mol. The average molecular weight is 394 g/mol. The smallest absolute Gasteiger partial charge is 0.263 e. The van der Waals surface area contributed by atoms with Gasteiger partial charge in [0, 0.05) is 18.0 Å². The van der Waals surface area contributed by atoms with E-state index in [-0.39, 0.29) is 12.0 Å². The maximum absolute atomic E-state index is 13.1. The molecule has 2 unspecified atom stereocenters. The maximum Gasteiger partial charge on any atom is 0.263 e. The second kappa shape index (κ2) is 8.89. The molecule has 0 spiro atoms. The maximum atomic E-state index is 13.1. The Morgan fingerprint density at radius 2 is 2.31 bits per heavy atom. The topological polar surface area (TPSA) is 38.8 Å². The van der Waals surface area contributed by atoms with Gasteiger partial charge in [-0.1, -0.05) is 23.7 Å². The summed E-state index contributed by atoms with van der Waals surface area (Å²) in [6.07, 6.45) is 1.54. The number of ether oxygens (including phenoxy) is 2. The van der Waals surface area contributed by atoms with Crippen LogP contribution >= 0.6 is 22.9 Å². The van der Waals surface area contributed by atoms with Crippen LogP contribution in [0.25, 0.3) is 0 Å². The zero-order chi connectivity index (χ0) is 18.5. The first kappa shape index (κ1) is 19.2. The lowest BCUT2D eigenvalue weighted by atomic mass is 10.2. The standard InChI is InChI=1S/C20H24ClNO3S/c1-14-7-8-18(21)19(11-14)25-15(2)20(23)22(12-16-5-3-9-24-16)13-17-6-4-10-26-17/h4,6-8,10-11,15-16H,3,5,9,12-13H2,1-2H3. The van der Waals surface area contributed by atoms with Crippen LogP contribution in [0.4, 0.5) is 0 Å². The molecule has 2 heterocycles. The Balaban J connectivity index is 1.71. The van der Waals surface area contributed by atoms with Gasteiger partial charge in [0.15, 0.2) is 6.10 Å². The Kier molecular flexibility index (Phi) is 6.57. The number of halogens is 1. The van der Waals surface area contributed by atoms with E-state index in [1.165, 1.54) is 0 Å². The summed E-state index contributed by atoms with van der Waals surface area (Å²) in [5.41, 5.74) is 1.04. The molecule has 0 radical (unpaired) electrons. The first-order chi connectivity index (χ1) is 12.5. The van der Waals surface area contributed by atoms with E-state index in [2.05, 4.69) is 0 Å². The van der Waals surface area contributed by atoms with E-state index in [0.717, 1.165) is 29.9 Å². The fraction of sp³-hybridized carbons (Fsp3) is 0.450. The number of carbonyl (C=O) groups is 1. The number of thiophene rings is 1. The van der Waals surface area contributed by atoms with E-state index in [0.29, 0.717) is 23.9 Å². The molecule has 2 atom stereocenters. The van der Waals surface area contributed by atoms with E-state index in [9.17, 15) is 4.79 Å². The van der Waals surface area contributed by atoms with E-state index in [4.69, 9.17) is 21.1 Å². The molecule has 140 valence electrons. The number of rotatable bonds is 7. The fourth-order valence-electron chi connectivity index (χ4n) is 3.06. The van der Waals surface area contributed by atoms with Crippen molar-refractivity contribution >= 4 is 28.8 Å². The molecule has 0 N–H and O–H groups in total. The molecule has 2 aromatic rings. The van der Waals surface area contributed by atoms with Gasteiger partial charge >= 0.3 is 0 Å². The van der Waals surface area contributed by atoms with Crippen LogP contribution in [0.1, 0.15) is 30.2 Å². The second-order valence-electron chi connectivity index (χ2n) is 6.63. The molecule has 0 saturated carbocycles. The molecular formula is C20H24ClNO3S. The van der Waals surface area contributed by atoms with Crippen molar-refractivity contribution in [3.63, 3.8) is 0 Å². The van der Waals surface area contributed by atoms with Crippen molar-refractivity contribution in [1.29, 1.82) is 0 Å². The van der Waals surface area contributed by atoms with Crippen LogP contribution in [0.2, 0.25) is 5.02 Å². The molecule has 1 aliphatic heterocycles. The van der Waals surface area contributed by atoms with Crippen LogP contribution in [0.15, 0.2) is 35.7 Å². The number of hydrogen-bond acceptors (Lipinski definition) is 4. The zero-order valence-electron chi connectivity index (χ0n) is 15.1. The van der Waals surface area contributed by atoms with Crippen molar-refractivity contribution in [2.45, 2.75) is 45.4 Å². The molecule has 0 aliphatic carbocycles. The van der Waals surface area contributed by atoms with Gasteiger partial charge in [-0.3, -0.25) is 4.79 Å². The van der Waals surface area contributed by atoms with Gasteiger partial charge in [-0.15, -0.1) is 11.3 Å². The third-order valence-corrected chi connectivity index (χ3v) is 5.60. The minimum Gasteiger partial charge on any atom is -0.479 e. The summed E-state index contributed by atoms with van der Waals surface area (Å²) in [5, 5.41) is 2.54. The normalized spacial score (nSPS) is 17.9. The summed E-state index contributed by atoms with van der Waals surface area (Å²) >= 11 is 7.86. The molecule has 6 heteroatoms. The molecular weight excluding hydrogens is 370 g/mol. The van der Waals surface area contributed by atoms with Gasteiger partial charge in [0.2, 0.25) is 0 Å². The lowest BCUT2D eigenvalue weighted by Gasteiger charge is -2.28. The summed E-state index contributed by atoms with van der Waals surface area (Å²) in [6, 6.07) is 9.61. The molecule has 1 amide bonds. The monoisotopic (exact) mass is 393 g/mol. The van der Waals surface area contributed by atoms with Gasteiger partial charge in [-0.25, -0.2) is 0 Å². The molecule has 4 nitrogen and oxygen atoms in total. The highest BCUT2D eigenvalue weighted by atomic mass is 35.5. The van der Waals surface area contributed by atoms with Gasteiger partial charge in [0.1, 0.15) is 5.75 Å². The summed E-state index contributed by atoms with van der Waals surface area (Å²) in [7, 11) is 0. The number of aryl methyl sites for hydroxylation is 1. The van der Waals surface area contributed by atoms with E-state index in [1.807, 2.05) is 41.5 Å².